The zero-order chi connectivity index (χ0) is 18.7. The Morgan fingerprint density at radius 2 is 1.48 bits per heavy atom. The van der Waals surface area contributed by atoms with Crippen LogP contribution < -0.4 is 5.32 Å². The van der Waals surface area contributed by atoms with E-state index in [4.69, 9.17) is 0 Å². The van der Waals surface area contributed by atoms with Crippen LogP contribution in [-0.4, -0.2) is 33.8 Å². The molecule has 1 aromatic carbocycles. The van der Waals surface area contributed by atoms with Crippen molar-refractivity contribution in [3.63, 3.8) is 0 Å². The van der Waals surface area contributed by atoms with Gasteiger partial charge in [0.1, 0.15) is 0 Å². The number of amides is 2. The first-order valence-electron chi connectivity index (χ1n) is 8.66. The van der Waals surface area contributed by atoms with Gasteiger partial charge in [-0.3, -0.25) is 14.5 Å². The zero-order valence-electron chi connectivity index (χ0n) is 15.6. The van der Waals surface area contributed by atoms with Crippen LogP contribution in [0.2, 0.25) is 0 Å². The highest BCUT2D eigenvalue weighted by atomic mass is 16.2. The number of benzene rings is 1. The fourth-order valence-corrected chi connectivity index (χ4v) is 3.81. The summed E-state index contributed by atoms with van der Waals surface area (Å²) < 4.78 is 0. The molecule has 0 unspecified atom stereocenters. The maximum absolute atomic E-state index is 11.7. The van der Waals surface area contributed by atoms with Crippen LogP contribution in [0.1, 0.15) is 46.1 Å². The van der Waals surface area contributed by atoms with E-state index in [9.17, 15) is 9.59 Å². The number of rotatable bonds is 2. The molecule has 1 saturated heterocycles. The fourth-order valence-electron chi connectivity index (χ4n) is 3.81. The third-order valence-corrected chi connectivity index (χ3v) is 4.41. The minimum Gasteiger partial charge on any atom is -0.307 e. The van der Waals surface area contributed by atoms with Gasteiger partial charge in [0.05, 0.1) is 0 Å². The first-order valence-corrected chi connectivity index (χ1v) is 8.66. The van der Waals surface area contributed by atoms with Gasteiger partial charge in [0.25, 0.3) is 11.8 Å². The van der Waals surface area contributed by atoms with Gasteiger partial charge < -0.3 is 5.32 Å². The molecule has 25 heavy (non-hydrogen) atoms. The summed E-state index contributed by atoms with van der Waals surface area (Å²) in [5.74, 6) is -0.345. The van der Waals surface area contributed by atoms with Crippen LogP contribution in [0.5, 0.6) is 0 Å². The van der Waals surface area contributed by atoms with Gasteiger partial charge in [0, 0.05) is 29.3 Å². The summed E-state index contributed by atoms with van der Waals surface area (Å²) in [6.45, 7) is 12.1. The second kappa shape index (κ2) is 7.36. The average molecular weight is 340 g/mol. The third-order valence-electron chi connectivity index (χ3n) is 4.41. The predicted molar refractivity (Wildman–Crippen MR) is 102 cm³/mol. The molecule has 134 valence electrons. The van der Waals surface area contributed by atoms with Crippen molar-refractivity contribution in [2.45, 2.75) is 57.7 Å². The van der Waals surface area contributed by atoms with Crippen molar-refractivity contribution >= 4 is 17.9 Å². The number of nitrogens with zero attached hydrogens (tertiary/aromatic N) is 1. The van der Waals surface area contributed by atoms with Crippen molar-refractivity contribution in [2.24, 2.45) is 0 Å². The molecule has 0 aliphatic carbocycles. The summed E-state index contributed by atoms with van der Waals surface area (Å²) in [7, 11) is 0. The lowest BCUT2D eigenvalue weighted by Gasteiger charge is -2.48. The molecule has 0 atom stereocenters. The Balaban J connectivity index is 0.000000236. The number of piperidine rings is 1. The Bertz CT molecular complexity index is 640. The van der Waals surface area contributed by atoms with Crippen LogP contribution in [0.3, 0.4) is 0 Å². The van der Waals surface area contributed by atoms with Gasteiger partial charge in [-0.05, 0) is 46.1 Å². The van der Waals surface area contributed by atoms with Gasteiger partial charge >= 0.3 is 0 Å². The van der Waals surface area contributed by atoms with Gasteiger partial charge in [0.2, 0.25) is 0 Å². The topological polar surface area (TPSA) is 49.4 Å². The third kappa shape index (κ3) is 5.13. The number of nitrogens with one attached hydrogen (secondary N) is 1. The lowest BCUT2D eigenvalue weighted by molar-refractivity contribution is -0.141. The van der Waals surface area contributed by atoms with E-state index >= 15 is 0 Å². The van der Waals surface area contributed by atoms with Crippen molar-refractivity contribution in [2.75, 3.05) is 0 Å². The van der Waals surface area contributed by atoms with E-state index in [1.165, 1.54) is 22.6 Å². The standard InChI is InChI=1S/C13H20N2O2.C8H8/c1-12(2)7-9(8-13(3,4)14-12)15-10(16)5-6-11(15)17;1-2-8-6-4-3-5-7-8/h5-6,9,14H,7-8H2,1-4H3;2-7H,1H2. The van der Waals surface area contributed by atoms with Crippen molar-refractivity contribution in [3.05, 3.63) is 54.6 Å². The van der Waals surface area contributed by atoms with Crippen molar-refractivity contribution in [3.8, 4) is 0 Å². The molecule has 4 nitrogen and oxygen atoms in total. The van der Waals surface area contributed by atoms with Crippen molar-refractivity contribution < 1.29 is 9.59 Å². The highest BCUT2D eigenvalue weighted by Gasteiger charge is 2.43. The summed E-state index contributed by atoms with van der Waals surface area (Å²) in [5.41, 5.74) is 1.05. The zero-order valence-corrected chi connectivity index (χ0v) is 15.6. The van der Waals surface area contributed by atoms with Gasteiger partial charge in [-0.15, -0.1) is 0 Å². The summed E-state index contributed by atoms with van der Waals surface area (Å²) >= 11 is 0. The largest absolute Gasteiger partial charge is 0.307 e. The second-order valence-corrected chi connectivity index (χ2v) is 7.95. The monoisotopic (exact) mass is 340 g/mol. The Morgan fingerprint density at radius 1 is 1.00 bits per heavy atom. The molecule has 4 heteroatoms. The first kappa shape index (κ1) is 19.1. The molecule has 2 amide bonds. The molecule has 0 spiro atoms. The molecular weight excluding hydrogens is 312 g/mol. The molecule has 1 aromatic rings. The number of carbonyl (C=O) groups is 2. The van der Waals surface area contributed by atoms with Crippen LogP contribution in [0.25, 0.3) is 6.08 Å². The Labute approximate surface area is 150 Å². The lowest BCUT2D eigenvalue weighted by atomic mass is 9.79. The van der Waals surface area contributed by atoms with E-state index in [0.29, 0.717) is 0 Å². The lowest BCUT2D eigenvalue weighted by Crippen LogP contribution is -2.62. The molecule has 3 rings (SSSR count). The highest BCUT2D eigenvalue weighted by Crippen LogP contribution is 2.32. The number of hydrogen-bond donors (Lipinski definition) is 1. The number of imide groups is 1. The van der Waals surface area contributed by atoms with E-state index in [0.717, 1.165) is 12.8 Å². The normalized spacial score (nSPS) is 21.7. The molecule has 2 heterocycles. The van der Waals surface area contributed by atoms with Gasteiger partial charge in [-0.2, -0.15) is 0 Å². The second-order valence-electron chi connectivity index (χ2n) is 7.95. The highest BCUT2D eigenvalue weighted by molar-refractivity contribution is 6.13. The Kier molecular flexibility index (Phi) is 5.63. The van der Waals surface area contributed by atoms with Gasteiger partial charge in [-0.25, -0.2) is 0 Å². The first-order chi connectivity index (χ1) is 11.6. The van der Waals surface area contributed by atoms with Crippen molar-refractivity contribution in [1.82, 2.24) is 10.2 Å². The molecule has 2 aliphatic heterocycles. The number of carbonyl (C=O) groups excluding carboxylic acids is 2. The maximum Gasteiger partial charge on any atom is 0.253 e. The van der Waals surface area contributed by atoms with E-state index in [1.54, 1.807) is 0 Å². The van der Waals surface area contributed by atoms with E-state index in [2.05, 4.69) is 39.6 Å². The minimum atomic E-state index is -0.173. The van der Waals surface area contributed by atoms with Crippen LogP contribution in [0.15, 0.2) is 49.1 Å². The number of hydrogen-bond acceptors (Lipinski definition) is 3. The van der Waals surface area contributed by atoms with Crippen LogP contribution in [0, 0.1) is 0 Å². The molecular formula is C21H28N2O2. The predicted octanol–water partition coefficient (Wildman–Crippen LogP) is 3.55. The molecule has 0 bridgehead atoms. The van der Waals surface area contributed by atoms with Gasteiger partial charge in [0.15, 0.2) is 0 Å². The molecule has 0 saturated carbocycles. The maximum atomic E-state index is 11.7. The molecule has 0 radical (unpaired) electrons. The Hall–Kier alpha value is -2.20. The fraction of sp³-hybridized carbons (Fsp3) is 0.429. The molecule has 1 N–H and O–H groups in total. The molecule has 1 fully saturated rings. The van der Waals surface area contributed by atoms with Crippen molar-refractivity contribution in [1.29, 1.82) is 0 Å². The van der Waals surface area contributed by atoms with E-state index in [1.807, 2.05) is 36.4 Å². The van der Waals surface area contributed by atoms with E-state index in [-0.39, 0.29) is 28.9 Å². The summed E-state index contributed by atoms with van der Waals surface area (Å²) in [4.78, 5) is 24.8. The summed E-state index contributed by atoms with van der Waals surface area (Å²) in [6, 6.07) is 10.0. The smallest absolute Gasteiger partial charge is 0.253 e. The van der Waals surface area contributed by atoms with Crippen LogP contribution in [-0.2, 0) is 9.59 Å². The minimum absolute atomic E-state index is 0.00347. The van der Waals surface area contributed by atoms with Gasteiger partial charge in [-0.1, -0.05) is 43.0 Å². The molecule has 2 aliphatic rings. The Morgan fingerprint density at radius 3 is 1.88 bits per heavy atom. The van der Waals surface area contributed by atoms with Crippen LogP contribution in [0.4, 0.5) is 0 Å². The molecule has 0 aromatic heterocycles. The van der Waals surface area contributed by atoms with Crippen LogP contribution >= 0.6 is 0 Å². The average Bonchev–Trinajstić information content (AvgIpc) is 2.84. The SMILES string of the molecule is C=Cc1ccccc1.CC1(C)CC(N2C(=O)C=CC2=O)CC(C)(C)N1. The summed E-state index contributed by atoms with van der Waals surface area (Å²) in [6.07, 6.45) is 6.17. The quantitative estimate of drug-likeness (QED) is 0.838. The summed E-state index contributed by atoms with van der Waals surface area (Å²) in [5, 5.41) is 3.55. The van der Waals surface area contributed by atoms with E-state index < -0.39 is 0 Å².